The molecular weight excluding hydrogens is 414 g/mol. The average molecular weight is 458 g/mol. The topological polar surface area (TPSA) is 61.9 Å². The van der Waals surface area contributed by atoms with Crippen LogP contribution in [0.2, 0.25) is 0 Å². The van der Waals surface area contributed by atoms with Crippen molar-refractivity contribution in [3.05, 3.63) is 47.8 Å². The molecule has 2 rings (SSSR count). The summed E-state index contributed by atoms with van der Waals surface area (Å²) >= 11 is 1.96. The molecule has 0 fully saturated rings. The van der Waals surface area contributed by atoms with Gasteiger partial charge in [-0.05, 0) is 40.8 Å². The Morgan fingerprint density at radius 2 is 1.44 bits per heavy atom. The Morgan fingerprint density at radius 1 is 0.844 bits per heavy atom. The lowest BCUT2D eigenvalue weighted by Crippen LogP contribution is -2.27. The predicted octanol–water partition coefficient (Wildman–Crippen LogP) is 6.02. The van der Waals surface area contributed by atoms with Gasteiger partial charge < -0.3 is 16.0 Å². The van der Waals surface area contributed by atoms with Crippen molar-refractivity contribution in [2.75, 3.05) is 41.8 Å². The number of pyridine rings is 2. The molecule has 2 aromatic rings. The van der Waals surface area contributed by atoms with Crippen molar-refractivity contribution in [2.45, 2.75) is 60.9 Å². The first-order valence-electron chi connectivity index (χ1n) is 11.8. The quantitative estimate of drug-likeness (QED) is 0.339. The third kappa shape index (κ3) is 10.7. The monoisotopic (exact) mass is 457 g/mol. The van der Waals surface area contributed by atoms with E-state index in [1.54, 1.807) is 0 Å². The average Bonchev–Trinajstić information content (AvgIpc) is 2.72. The molecule has 0 amide bonds. The smallest absolute Gasteiger partial charge is 0.126 e. The Labute approximate surface area is 200 Å². The highest BCUT2D eigenvalue weighted by molar-refractivity contribution is 7.99. The van der Waals surface area contributed by atoms with Crippen LogP contribution in [0.15, 0.2) is 36.4 Å². The lowest BCUT2D eigenvalue weighted by Gasteiger charge is -2.22. The van der Waals surface area contributed by atoms with Gasteiger partial charge >= 0.3 is 0 Å². The van der Waals surface area contributed by atoms with Gasteiger partial charge in [-0.3, -0.25) is 0 Å². The zero-order chi connectivity index (χ0) is 23.6. The van der Waals surface area contributed by atoms with Gasteiger partial charge in [-0.15, -0.1) is 0 Å². The Morgan fingerprint density at radius 3 is 2.03 bits per heavy atom. The third-order valence-electron chi connectivity index (χ3n) is 4.79. The van der Waals surface area contributed by atoms with Crippen molar-refractivity contribution < 1.29 is 0 Å². The molecule has 32 heavy (non-hydrogen) atoms. The maximum absolute atomic E-state index is 4.94. The number of nitrogens with zero attached hydrogens (tertiary/aromatic N) is 2. The molecule has 0 spiro atoms. The molecule has 5 nitrogen and oxygen atoms in total. The van der Waals surface area contributed by atoms with Crippen LogP contribution in [0.4, 0.5) is 11.6 Å². The third-order valence-corrected chi connectivity index (χ3v) is 5.69. The minimum Gasteiger partial charge on any atom is -0.370 e. The summed E-state index contributed by atoms with van der Waals surface area (Å²) in [5.41, 5.74) is 2.54. The van der Waals surface area contributed by atoms with Crippen molar-refractivity contribution in [3.63, 3.8) is 0 Å². The molecule has 3 N–H and O–H groups in total. The summed E-state index contributed by atoms with van der Waals surface area (Å²) in [6.07, 6.45) is 0.803. The maximum Gasteiger partial charge on any atom is 0.126 e. The highest BCUT2D eigenvalue weighted by atomic mass is 32.2. The van der Waals surface area contributed by atoms with Crippen LogP contribution >= 0.6 is 11.8 Å². The van der Waals surface area contributed by atoms with E-state index in [-0.39, 0.29) is 16.9 Å². The van der Waals surface area contributed by atoms with Gasteiger partial charge in [0.05, 0.1) is 11.7 Å². The van der Waals surface area contributed by atoms with Crippen molar-refractivity contribution in [3.8, 4) is 0 Å². The Kier molecular flexibility index (Phi) is 10.3. The van der Waals surface area contributed by atoms with Crippen LogP contribution in [-0.2, 0) is 6.42 Å². The van der Waals surface area contributed by atoms with E-state index in [0.717, 1.165) is 60.6 Å². The van der Waals surface area contributed by atoms with Crippen LogP contribution in [0.5, 0.6) is 0 Å². The molecule has 2 heterocycles. The first-order valence-corrected chi connectivity index (χ1v) is 12.9. The van der Waals surface area contributed by atoms with E-state index in [0.29, 0.717) is 0 Å². The molecule has 6 heteroatoms. The van der Waals surface area contributed by atoms with Crippen LogP contribution in [0.3, 0.4) is 0 Å². The summed E-state index contributed by atoms with van der Waals surface area (Å²) in [5, 5.41) is 10.7. The number of anilines is 2. The predicted molar refractivity (Wildman–Crippen MR) is 142 cm³/mol. The van der Waals surface area contributed by atoms with Gasteiger partial charge in [0.15, 0.2) is 0 Å². The van der Waals surface area contributed by atoms with Gasteiger partial charge in [-0.1, -0.05) is 60.6 Å². The van der Waals surface area contributed by atoms with Gasteiger partial charge in [0.2, 0.25) is 0 Å². The van der Waals surface area contributed by atoms with Crippen molar-refractivity contribution >= 4 is 23.4 Å². The summed E-state index contributed by atoms with van der Waals surface area (Å²) in [4.78, 5) is 9.82. The van der Waals surface area contributed by atoms with E-state index in [9.17, 15) is 0 Å². The minimum atomic E-state index is 0.120. The summed E-state index contributed by atoms with van der Waals surface area (Å²) < 4.78 is 0. The molecule has 1 atom stereocenters. The summed E-state index contributed by atoms with van der Waals surface area (Å²) in [5.74, 6) is 4.10. The van der Waals surface area contributed by atoms with E-state index in [2.05, 4.69) is 94.7 Å². The van der Waals surface area contributed by atoms with Crippen molar-refractivity contribution in [1.82, 2.24) is 15.3 Å². The number of nitrogens with one attached hydrogen (secondary N) is 3. The van der Waals surface area contributed by atoms with E-state index in [1.165, 1.54) is 0 Å². The highest BCUT2D eigenvalue weighted by Crippen LogP contribution is 2.21. The van der Waals surface area contributed by atoms with E-state index >= 15 is 0 Å². The second kappa shape index (κ2) is 12.4. The van der Waals surface area contributed by atoms with Gasteiger partial charge in [0.25, 0.3) is 0 Å². The molecule has 0 aromatic carbocycles. The van der Waals surface area contributed by atoms with Crippen molar-refractivity contribution in [1.29, 1.82) is 0 Å². The second-order valence-electron chi connectivity index (χ2n) is 10.7. The first-order chi connectivity index (χ1) is 15.1. The first kappa shape index (κ1) is 26.5. The van der Waals surface area contributed by atoms with E-state index in [4.69, 9.17) is 9.97 Å². The molecule has 0 aliphatic rings. The lowest BCUT2D eigenvalue weighted by molar-refractivity contribution is 0.442. The molecule has 0 aliphatic heterocycles. The Bertz CT molecular complexity index is 810. The fourth-order valence-corrected chi connectivity index (χ4v) is 3.64. The zero-order valence-corrected chi connectivity index (χ0v) is 21.9. The molecule has 0 radical (unpaired) electrons. The summed E-state index contributed by atoms with van der Waals surface area (Å²) in [7, 11) is 0. The summed E-state index contributed by atoms with van der Waals surface area (Å²) in [6, 6.07) is 12.6. The van der Waals surface area contributed by atoms with Gasteiger partial charge in [0, 0.05) is 37.5 Å². The van der Waals surface area contributed by atoms with E-state index < -0.39 is 0 Å². The van der Waals surface area contributed by atoms with Crippen LogP contribution in [0, 0.1) is 10.8 Å². The fourth-order valence-electron chi connectivity index (χ4n) is 3.09. The number of rotatable bonds is 12. The Balaban J connectivity index is 2.15. The van der Waals surface area contributed by atoms with Gasteiger partial charge in [0.1, 0.15) is 11.6 Å². The van der Waals surface area contributed by atoms with Gasteiger partial charge in [-0.2, -0.15) is 11.8 Å². The number of aromatic nitrogens is 2. The Hall–Kier alpha value is -1.79. The van der Waals surface area contributed by atoms with Crippen LogP contribution in [0.1, 0.15) is 65.9 Å². The molecule has 1 unspecified atom stereocenters. The van der Waals surface area contributed by atoms with Crippen LogP contribution < -0.4 is 16.0 Å². The number of hydrogen-bond donors (Lipinski definition) is 3. The zero-order valence-electron chi connectivity index (χ0n) is 21.1. The molecule has 0 bridgehead atoms. The molecule has 0 aliphatic carbocycles. The SMILES string of the molecule is CCSCCNC(Cc1cccc(NCC(C)(C)C)n1)c1cccc(NCC(C)(C)C)n1. The molecular formula is C26H43N5S. The standard InChI is InChI=1S/C26H43N5S/c1-8-32-16-15-27-22(21-12-10-14-24(31-21)29-19-26(5,6)7)17-20-11-9-13-23(30-20)28-18-25(2,3)4/h9-14,22,27H,8,15-19H2,1-7H3,(H,28,30)(H,29,31). The largest absolute Gasteiger partial charge is 0.370 e. The van der Waals surface area contributed by atoms with Crippen molar-refractivity contribution in [2.24, 2.45) is 10.8 Å². The van der Waals surface area contributed by atoms with Crippen LogP contribution in [-0.4, -0.2) is 41.1 Å². The lowest BCUT2D eigenvalue weighted by atomic mass is 9.97. The normalized spacial score (nSPS) is 13.1. The van der Waals surface area contributed by atoms with E-state index in [1.807, 2.05) is 17.8 Å². The van der Waals surface area contributed by atoms with Gasteiger partial charge in [-0.25, -0.2) is 9.97 Å². The molecule has 0 saturated heterocycles. The molecule has 0 saturated carbocycles. The number of hydrogen-bond acceptors (Lipinski definition) is 6. The highest BCUT2D eigenvalue weighted by Gasteiger charge is 2.17. The molecule has 178 valence electrons. The summed E-state index contributed by atoms with van der Waals surface area (Å²) in [6.45, 7) is 18.3. The molecule has 2 aromatic heterocycles. The fraction of sp³-hybridized carbons (Fsp3) is 0.615. The second-order valence-corrected chi connectivity index (χ2v) is 12.1. The maximum atomic E-state index is 4.94. The minimum absolute atomic E-state index is 0.120. The number of thioether (sulfide) groups is 1. The van der Waals surface area contributed by atoms with Crippen LogP contribution in [0.25, 0.3) is 0 Å².